The number of benzene rings is 2. The van der Waals surface area contributed by atoms with Crippen LogP contribution in [-0.4, -0.2) is 37.3 Å². The molecule has 2 amide bonds. The highest BCUT2D eigenvalue weighted by Crippen LogP contribution is 2.32. The lowest BCUT2D eigenvalue weighted by Crippen LogP contribution is -2.51. The molecular weight excluding hydrogens is 452 g/mol. The molecule has 1 unspecified atom stereocenters. The molecule has 1 atom stereocenters. The van der Waals surface area contributed by atoms with Crippen LogP contribution in [0, 0.1) is 13.8 Å². The van der Waals surface area contributed by atoms with Gasteiger partial charge in [0.2, 0.25) is 11.8 Å². The van der Waals surface area contributed by atoms with E-state index in [0.29, 0.717) is 16.8 Å². The SMILES string of the molecule is CCC(C)(C)NC(=O)C(c1cccnc1)N(C(=O)Cn1nnc2ccccc21)c1cc(C)ccc1C. The monoisotopic (exact) mass is 484 g/mol. The Morgan fingerprint density at radius 1 is 1.08 bits per heavy atom. The Bertz CT molecular complexity index is 1380. The Balaban J connectivity index is 1.85. The molecule has 0 saturated heterocycles. The van der Waals surface area contributed by atoms with Gasteiger partial charge in [-0.05, 0) is 69.5 Å². The Morgan fingerprint density at radius 2 is 1.86 bits per heavy atom. The van der Waals surface area contributed by atoms with E-state index in [1.165, 1.54) is 0 Å². The van der Waals surface area contributed by atoms with Crippen molar-refractivity contribution in [1.29, 1.82) is 0 Å². The zero-order valence-corrected chi connectivity index (χ0v) is 21.4. The molecule has 0 fully saturated rings. The predicted molar refractivity (Wildman–Crippen MR) is 140 cm³/mol. The fourth-order valence-corrected chi connectivity index (χ4v) is 4.08. The van der Waals surface area contributed by atoms with Gasteiger partial charge in [0.15, 0.2) is 0 Å². The number of hydrogen-bond donors (Lipinski definition) is 1. The standard InChI is InChI=1S/C28H32N6O2/c1-6-28(4,5)30-27(36)26(21-10-9-15-29-17-21)34(24-16-19(2)13-14-20(24)3)25(35)18-33-23-12-8-7-11-22(23)31-32-33/h7-17,26H,6,18H2,1-5H3,(H,30,36). The number of aromatic nitrogens is 4. The fourth-order valence-electron chi connectivity index (χ4n) is 4.08. The first-order valence-electron chi connectivity index (χ1n) is 12.1. The third-order valence-corrected chi connectivity index (χ3v) is 6.45. The van der Waals surface area contributed by atoms with Gasteiger partial charge in [-0.1, -0.05) is 42.5 Å². The van der Waals surface area contributed by atoms with Crippen molar-refractivity contribution in [3.8, 4) is 0 Å². The number of anilines is 1. The topological polar surface area (TPSA) is 93.0 Å². The van der Waals surface area contributed by atoms with Crippen LogP contribution >= 0.6 is 0 Å². The summed E-state index contributed by atoms with van der Waals surface area (Å²) in [5.74, 6) is -0.551. The zero-order chi connectivity index (χ0) is 25.9. The maximum absolute atomic E-state index is 14.1. The number of para-hydroxylation sites is 1. The van der Waals surface area contributed by atoms with Crippen molar-refractivity contribution in [3.05, 3.63) is 83.7 Å². The Kier molecular flexibility index (Phi) is 7.15. The summed E-state index contributed by atoms with van der Waals surface area (Å²) in [4.78, 5) is 33.8. The van der Waals surface area contributed by atoms with Crippen LogP contribution in [0.15, 0.2) is 67.0 Å². The van der Waals surface area contributed by atoms with E-state index in [0.717, 1.165) is 23.1 Å². The summed E-state index contributed by atoms with van der Waals surface area (Å²) >= 11 is 0. The summed E-state index contributed by atoms with van der Waals surface area (Å²) < 4.78 is 1.57. The van der Waals surface area contributed by atoms with Crippen molar-refractivity contribution in [2.24, 2.45) is 0 Å². The molecule has 8 heteroatoms. The molecule has 1 N–H and O–H groups in total. The van der Waals surface area contributed by atoms with E-state index in [2.05, 4.69) is 20.6 Å². The number of carbonyl (C=O) groups excluding carboxylic acids is 2. The minimum absolute atomic E-state index is 0.0743. The molecule has 2 heterocycles. The van der Waals surface area contributed by atoms with Gasteiger partial charge < -0.3 is 5.32 Å². The molecule has 0 aliphatic rings. The summed E-state index contributed by atoms with van der Waals surface area (Å²) in [6.45, 7) is 9.79. The molecule has 2 aromatic carbocycles. The molecule has 8 nitrogen and oxygen atoms in total. The second kappa shape index (κ2) is 10.3. The van der Waals surface area contributed by atoms with Crippen LogP contribution in [-0.2, 0) is 16.1 Å². The van der Waals surface area contributed by atoms with Gasteiger partial charge in [0.05, 0.1) is 5.52 Å². The highest BCUT2D eigenvalue weighted by Gasteiger charge is 2.36. The molecule has 0 saturated carbocycles. The van der Waals surface area contributed by atoms with Crippen LogP contribution in [0.5, 0.6) is 0 Å². The molecule has 0 radical (unpaired) electrons. The van der Waals surface area contributed by atoms with Crippen molar-refractivity contribution in [2.75, 3.05) is 4.90 Å². The van der Waals surface area contributed by atoms with Crippen LogP contribution in [0.25, 0.3) is 11.0 Å². The first kappa shape index (κ1) is 25.0. The number of nitrogens with zero attached hydrogens (tertiary/aromatic N) is 5. The second-order valence-electron chi connectivity index (χ2n) is 9.71. The molecule has 4 rings (SSSR count). The lowest BCUT2D eigenvalue weighted by atomic mass is 9.98. The molecule has 0 bridgehead atoms. The molecule has 2 aromatic heterocycles. The van der Waals surface area contributed by atoms with Crippen molar-refractivity contribution >= 4 is 28.5 Å². The van der Waals surface area contributed by atoms with Crippen molar-refractivity contribution < 1.29 is 9.59 Å². The van der Waals surface area contributed by atoms with E-state index in [-0.39, 0.29) is 18.4 Å². The molecule has 0 spiro atoms. The van der Waals surface area contributed by atoms with E-state index in [9.17, 15) is 9.59 Å². The number of rotatable bonds is 8. The fraction of sp³-hybridized carbons (Fsp3) is 0.321. The Hall–Kier alpha value is -4.07. The zero-order valence-electron chi connectivity index (χ0n) is 21.4. The first-order chi connectivity index (χ1) is 17.2. The number of amides is 2. The van der Waals surface area contributed by atoms with E-state index in [1.54, 1.807) is 28.0 Å². The summed E-state index contributed by atoms with van der Waals surface area (Å²) in [5, 5.41) is 11.5. The smallest absolute Gasteiger partial charge is 0.249 e. The van der Waals surface area contributed by atoms with Crippen molar-refractivity contribution in [3.63, 3.8) is 0 Å². The second-order valence-corrected chi connectivity index (χ2v) is 9.71. The maximum Gasteiger partial charge on any atom is 0.249 e. The van der Waals surface area contributed by atoms with Gasteiger partial charge in [-0.2, -0.15) is 0 Å². The first-order valence-corrected chi connectivity index (χ1v) is 12.1. The third kappa shape index (κ3) is 5.27. The van der Waals surface area contributed by atoms with Crippen molar-refractivity contribution in [2.45, 2.75) is 59.2 Å². The third-order valence-electron chi connectivity index (χ3n) is 6.45. The average molecular weight is 485 g/mol. The van der Waals surface area contributed by atoms with Crippen LogP contribution in [0.2, 0.25) is 0 Å². The lowest BCUT2D eigenvalue weighted by molar-refractivity contribution is -0.128. The van der Waals surface area contributed by atoms with Gasteiger partial charge in [-0.15, -0.1) is 5.10 Å². The van der Waals surface area contributed by atoms with E-state index in [4.69, 9.17) is 0 Å². The van der Waals surface area contributed by atoms with Gasteiger partial charge in [-0.3, -0.25) is 19.5 Å². The van der Waals surface area contributed by atoms with Crippen LogP contribution < -0.4 is 10.2 Å². The maximum atomic E-state index is 14.1. The number of pyridine rings is 1. The number of carbonyl (C=O) groups is 2. The number of aryl methyl sites for hydroxylation is 2. The highest BCUT2D eigenvalue weighted by atomic mass is 16.2. The summed E-state index contributed by atoms with van der Waals surface area (Å²) in [6.07, 6.45) is 4.03. The Morgan fingerprint density at radius 3 is 2.58 bits per heavy atom. The van der Waals surface area contributed by atoms with E-state index < -0.39 is 11.6 Å². The minimum Gasteiger partial charge on any atom is -0.349 e. The number of fused-ring (bicyclic) bond motifs is 1. The number of hydrogen-bond acceptors (Lipinski definition) is 5. The van der Waals surface area contributed by atoms with Crippen LogP contribution in [0.4, 0.5) is 5.69 Å². The summed E-state index contributed by atoms with van der Waals surface area (Å²) in [5.41, 5.74) is 4.17. The predicted octanol–water partition coefficient (Wildman–Crippen LogP) is 4.52. The largest absolute Gasteiger partial charge is 0.349 e. The molecule has 4 aromatic rings. The highest BCUT2D eigenvalue weighted by molar-refractivity contribution is 6.02. The van der Waals surface area contributed by atoms with E-state index >= 15 is 0 Å². The minimum atomic E-state index is -0.924. The molecule has 36 heavy (non-hydrogen) atoms. The van der Waals surface area contributed by atoms with E-state index in [1.807, 2.05) is 83.1 Å². The molecule has 0 aliphatic heterocycles. The lowest BCUT2D eigenvalue weighted by Gasteiger charge is -2.35. The van der Waals surface area contributed by atoms with Crippen LogP contribution in [0.3, 0.4) is 0 Å². The summed E-state index contributed by atoms with van der Waals surface area (Å²) in [6, 6.07) is 16.1. The number of nitrogens with one attached hydrogen (secondary N) is 1. The van der Waals surface area contributed by atoms with Gasteiger partial charge in [-0.25, -0.2) is 4.68 Å². The van der Waals surface area contributed by atoms with Gasteiger partial charge >= 0.3 is 0 Å². The normalized spacial score (nSPS) is 12.4. The van der Waals surface area contributed by atoms with Gasteiger partial charge in [0, 0.05) is 29.2 Å². The van der Waals surface area contributed by atoms with Gasteiger partial charge in [0.1, 0.15) is 18.1 Å². The van der Waals surface area contributed by atoms with Gasteiger partial charge in [0.25, 0.3) is 0 Å². The average Bonchev–Trinajstić information content (AvgIpc) is 3.27. The van der Waals surface area contributed by atoms with Crippen molar-refractivity contribution in [1.82, 2.24) is 25.3 Å². The summed E-state index contributed by atoms with van der Waals surface area (Å²) in [7, 11) is 0. The molecular formula is C28H32N6O2. The molecule has 0 aliphatic carbocycles. The quantitative estimate of drug-likeness (QED) is 0.397. The molecule has 186 valence electrons. The Labute approximate surface area is 211 Å². The van der Waals surface area contributed by atoms with Crippen LogP contribution in [0.1, 0.15) is 49.9 Å².